The Balaban J connectivity index is 1.83. The van der Waals surface area contributed by atoms with Gasteiger partial charge in [-0.25, -0.2) is 8.42 Å². The van der Waals surface area contributed by atoms with E-state index in [1.165, 1.54) is 23.7 Å². The third-order valence-corrected chi connectivity index (χ3v) is 8.89. The molecule has 4 rings (SSSR count). The Kier molecular flexibility index (Phi) is 9.23. The summed E-state index contributed by atoms with van der Waals surface area (Å²) in [6.45, 7) is 3.85. The molecule has 0 bridgehead atoms. The zero-order valence-corrected chi connectivity index (χ0v) is 24.5. The van der Waals surface area contributed by atoms with Crippen LogP contribution in [0.4, 0.5) is 0 Å². The number of aromatic hydroxyl groups is 1. The average Bonchev–Trinajstić information content (AvgIpc) is 3.01. The van der Waals surface area contributed by atoms with Gasteiger partial charge in [-0.1, -0.05) is 56.7 Å². The number of carbonyl (C=O) groups is 1. The highest BCUT2D eigenvalue weighted by molar-refractivity contribution is 7.91. The lowest BCUT2D eigenvalue weighted by Crippen LogP contribution is -2.27. The molecule has 0 spiro atoms. The van der Waals surface area contributed by atoms with Crippen molar-refractivity contribution in [3.63, 3.8) is 0 Å². The molecule has 0 saturated carbocycles. The van der Waals surface area contributed by atoms with Crippen LogP contribution in [0.15, 0.2) is 87.4 Å². The number of hydrogen-bond donors (Lipinski definition) is 2. The molecule has 9 nitrogen and oxygen atoms in total. The minimum atomic E-state index is -4.48. The van der Waals surface area contributed by atoms with Crippen LogP contribution in [0.25, 0.3) is 11.1 Å². The van der Waals surface area contributed by atoms with Crippen molar-refractivity contribution in [3.8, 4) is 23.1 Å². The molecule has 0 aliphatic rings. The van der Waals surface area contributed by atoms with Gasteiger partial charge in [-0.2, -0.15) is 10.2 Å². The van der Waals surface area contributed by atoms with E-state index in [-0.39, 0.29) is 16.6 Å². The highest BCUT2D eigenvalue weighted by Crippen LogP contribution is 2.34. The lowest BCUT2D eigenvalue weighted by molar-refractivity contribution is 0.0963. The maximum Gasteiger partial charge on any atom is 0.296 e. The Hall–Kier alpha value is -4.75. The molecule has 42 heavy (non-hydrogen) atoms. The molecule has 1 atom stereocenters. The van der Waals surface area contributed by atoms with Gasteiger partial charge < -0.3 is 10.4 Å². The summed E-state index contributed by atoms with van der Waals surface area (Å²) in [5.74, 6) is -0.654. The fourth-order valence-corrected chi connectivity index (χ4v) is 6.28. The number of amides is 1. The molecule has 0 saturated heterocycles. The normalized spacial score (nSPS) is 12.0. The lowest BCUT2D eigenvalue weighted by atomic mass is 10.0. The number of nitrogens with zero attached hydrogens (tertiary/aromatic N) is 3. The van der Waals surface area contributed by atoms with Crippen molar-refractivity contribution in [1.82, 2.24) is 14.9 Å². The van der Waals surface area contributed by atoms with Crippen molar-refractivity contribution < 1.29 is 18.3 Å². The van der Waals surface area contributed by atoms with Crippen LogP contribution in [0, 0.1) is 11.3 Å². The average molecular weight is 585 g/mol. The first-order chi connectivity index (χ1) is 20.2. The second kappa shape index (κ2) is 12.8. The number of nitriles is 1. The van der Waals surface area contributed by atoms with Gasteiger partial charge in [0.1, 0.15) is 5.82 Å². The summed E-state index contributed by atoms with van der Waals surface area (Å²) in [5.41, 5.74) is 1.90. The second-order valence-corrected chi connectivity index (χ2v) is 11.7. The van der Waals surface area contributed by atoms with E-state index in [0.29, 0.717) is 47.1 Å². The third kappa shape index (κ3) is 5.97. The largest absolute Gasteiger partial charge is 0.493 e. The van der Waals surface area contributed by atoms with Crippen molar-refractivity contribution in [1.29, 1.82) is 5.26 Å². The van der Waals surface area contributed by atoms with Gasteiger partial charge in [0.15, 0.2) is 4.90 Å². The van der Waals surface area contributed by atoms with Crippen LogP contribution >= 0.6 is 0 Å². The van der Waals surface area contributed by atoms with E-state index in [1.807, 2.05) is 13.8 Å². The number of aromatic nitrogens is 2. The first-order valence-electron chi connectivity index (χ1n) is 13.7. The molecule has 2 N–H and O–H groups in total. The van der Waals surface area contributed by atoms with E-state index in [9.17, 15) is 28.4 Å². The van der Waals surface area contributed by atoms with Gasteiger partial charge in [-0.05, 0) is 65.9 Å². The van der Waals surface area contributed by atoms with E-state index in [0.717, 1.165) is 6.42 Å². The van der Waals surface area contributed by atoms with Crippen molar-refractivity contribution in [2.45, 2.75) is 55.4 Å². The van der Waals surface area contributed by atoms with Crippen molar-refractivity contribution in [2.24, 2.45) is 0 Å². The molecule has 0 aliphatic heterocycles. The summed E-state index contributed by atoms with van der Waals surface area (Å²) in [5, 5.41) is 23.5. The molecule has 1 amide bonds. The molecule has 3 aromatic carbocycles. The fourth-order valence-electron chi connectivity index (χ4n) is 4.93. The number of nitrogens with one attached hydrogen (secondary N) is 1. The maximum absolute atomic E-state index is 13.8. The SMILES string of the molecule is CCCCc1nc(=O)c(S(=O)(=O)c2ccc(-c3cccc(C(=O)NC)c3)cc2)c(O)n1C(CC)c1cccc(C#N)c1. The number of unbranched alkanes of at least 4 members (excludes halogenated alkanes) is 1. The molecule has 1 unspecified atom stereocenters. The Morgan fingerprint density at radius 2 is 1.76 bits per heavy atom. The Morgan fingerprint density at radius 1 is 1.05 bits per heavy atom. The standard InChI is InChI=1S/C32H32N4O5S/c1-4-6-13-28-35-31(38)29(32(39)36(28)27(5-2)24-11-7-9-21(18-24)20-33)42(40,41)26-16-14-22(15-17-26)23-10-8-12-25(19-23)30(37)34-3/h7-12,14-19,27,39H,4-6,13H2,1-3H3,(H,34,37). The van der Waals surface area contributed by atoms with Crippen LogP contribution in [-0.4, -0.2) is 36.0 Å². The molecule has 4 aromatic rings. The first kappa shape index (κ1) is 30.2. The minimum absolute atomic E-state index is 0.185. The van der Waals surface area contributed by atoms with Crippen molar-refractivity contribution >= 4 is 15.7 Å². The van der Waals surface area contributed by atoms with Gasteiger partial charge in [0.05, 0.1) is 22.6 Å². The molecule has 216 valence electrons. The predicted octanol–water partition coefficient (Wildman–Crippen LogP) is 5.02. The van der Waals surface area contributed by atoms with Gasteiger partial charge in [0.25, 0.3) is 11.5 Å². The fraction of sp³-hybridized carbons (Fsp3) is 0.250. The zero-order chi connectivity index (χ0) is 30.4. The summed E-state index contributed by atoms with van der Waals surface area (Å²) >= 11 is 0. The Labute approximate surface area is 245 Å². The molecule has 0 fully saturated rings. The summed E-state index contributed by atoms with van der Waals surface area (Å²) in [6.07, 6.45) is 2.28. The van der Waals surface area contributed by atoms with Crippen LogP contribution in [0.5, 0.6) is 5.88 Å². The number of rotatable bonds is 10. The topological polar surface area (TPSA) is 142 Å². The smallest absolute Gasteiger partial charge is 0.296 e. The summed E-state index contributed by atoms with van der Waals surface area (Å²) < 4.78 is 29.1. The van der Waals surface area contributed by atoms with Gasteiger partial charge >= 0.3 is 0 Å². The summed E-state index contributed by atoms with van der Waals surface area (Å²) in [4.78, 5) is 28.4. The van der Waals surface area contributed by atoms with E-state index < -0.39 is 32.2 Å². The molecule has 1 aromatic heterocycles. The summed E-state index contributed by atoms with van der Waals surface area (Å²) in [7, 11) is -2.95. The van der Waals surface area contributed by atoms with Gasteiger partial charge in [0, 0.05) is 19.0 Å². The van der Waals surface area contributed by atoms with Gasteiger partial charge in [-0.15, -0.1) is 0 Å². The number of sulfone groups is 1. The Morgan fingerprint density at radius 3 is 2.40 bits per heavy atom. The van der Waals surface area contributed by atoms with Gasteiger partial charge in [0.2, 0.25) is 15.7 Å². The first-order valence-corrected chi connectivity index (χ1v) is 15.2. The second-order valence-electron chi connectivity index (χ2n) is 9.81. The van der Waals surface area contributed by atoms with Crippen LogP contribution < -0.4 is 10.9 Å². The third-order valence-electron chi connectivity index (χ3n) is 7.11. The van der Waals surface area contributed by atoms with Crippen LogP contribution in [0.1, 0.15) is 66.5 Å². The van der Waals surface area contributed by atoms with E-state index in [2.05, 4.69) is 16.4 Å². The molecular formula is C32H32N4O5S. The predicted molar refractivity (Wildman–Crippen MR) is 159 cm³/mol. The molecule has 10 heteroatoms. The number of benzene rings is 3. The van der Waals surface area contributed by atoms with Crippen molar-refractivity contribution in [2.75, 3.05) is 7.05 Å². The number of hydrogen-bond acceptors (Lipinski definition) is 7. The minimum Gasteiger partial charge on any atom is -0.493 e. The molecule has 0 aliphatic carbocycles. The van der Waals surface area contributed by atoms with E-state index in [4.69, 9.17) is 0 Å². The molecular weight excluding hydrogens is 552 g/mol. The maximum atomic E-state index is 13.8. The number of aryl methyl sites for hydroxylation is 1. The van der Waals surface area contributed by atoms with E-state index >= 15 is 0 Å². The van der Waals surface area contributed by atoms with Crippen LogP contribution in [-0.2, 0) is 16.3 Å². The monoisotopic (exact) mass is 584 g/mol. The summed E-state index contributed by atoms with van der Waals surface area (Å²) in [6, 6.07) is 21.2. The highest BCUT2D eigenvalue weighted by Gasteiger charge is 2.32. The van der Waals surface area contributed by atoms with Crippen molar-refractivity contribution in [3.05, 3.63) is 106 Å². The molecule has 0 radical (unpaired) electrons. The number of carbonyl (C=O) groups excluding carboxylic acids is 1. The van der Waals surface area contributed by atoms with E-state index in [1.54, 1.807) is 60.7 Å². The highest BCUT2D eigenvalue weighted by atomic mass is 32.2. The zero-order valence-electron chi connectivity index (χ0n) is 23.7. The Bertz CT molecular complexity index is 1820. The van der Waals surface area contributed by atoms with Crippen LogP contribution in [0.2, 0.25) is 0 Å². The van der Waals surface area contributed by atoms with Gasteiger partial charge in [-0.3, -0.25) is 14.2 Å². The molecule has 1 heterocycles. The van der Waals surface area contributed by atoms with Crippen LogP contribution in [0.3, 0.4) is 0 Å². The quantitative estimate of drug-likeness (QED) is 0.266. The lowest BCUT2D eigenvalue weighted by Gasteiger charge is -2.25.